The van der Waals surface area contributed by atoms with E-state index >= 15 is 0 Å². The van der Waals surface area contributed by atoms with Gasteiger partial charge < -0.3 is 9.47 Å². The third-order valence-corrected chi connectivity index (χ3v) is 3.23. The average Bonchev–Trinajstić information content (AvgIpc) is 2.46. The third-order valence-electron chi connectivity index (χ3n) is 2.71. The van der Waals surface area contributed by atoms with Crippen molar-refractivity contribution in [1.82, 2.24) is 0 Å². The molecule has 0 saturated heterocycles. The number of nitrogens with zero attached hydrogens (tertiary/aromatic N) is 1. The van der Waals surface area contributed by atoms with Crippen molar-refractivity contribution in [3.05, 3.63) is 57.6 Å². The Morgan fingerprint density at radius 3 is 2.62 bits per heavy atom. The molecule has 3 nitrogen and oxygen atoms in total. The van der Waals surface area contributed by atoms with Gasteiger partial charge in [0.25, 0.3) is 0 Å². The standard InChI is InChI=1S/C16H13Cl2NO2/c1-2-20-15-8-12(9-19)7-14(18)16(15)21-10-11-4-3-5-13(17)6-11/h3-8H,2,10H2,1H3. The Hall–Kier alpha value is -1.89. The molecule has 2 aromatic carbocycles. The van der Waals surface area contributed by atoms with Crippen LogP contribution < -0.4 is 9.47 Å². The van der Waals surface area contributed by atoms with Gasteiger partial charge in [-0.1, -0.05) is 35.3 Å². The first-order valence-corrected chi connectivity index (χ1v) is 7.13. The topological polar surface area (TPSA) is 42.2 Å². The first-order chi connectivity index (χ1) is 10.1. The summed E-state index contributed by atoms with van der Waals surface area (Å²) in [6.07, 6.45) is 0. The van der Waals surface area contributed by atoms with Crippen molar-refractivity contribution in [2.24, 2.45) is 0 Å². The lowest BCUT2D eigenvalue weighted by Gasteiger charge is -2.14. The SMILES string of the molecule is CCOc1cc(C#N)cc(Cl)c1OCc1cccc(Cl)c1. The molecule has 0 aliphatic rings. The summed E-state index contributed by atoms with van der Waals surface area (Å²) >= 11 is 12.1. The van der Waals surface area contributed by atoms with Crippen LogP contribution >= 0.6 is 23.2 Å². The molecule has 0 aliphatic carbocycles. The van der Waals surface area contributed by atoms with Crippen LogP contribution in [0.5, 0.6) is 11.5 Å². The van der Waals surface area contributed by atoms with Crippen LogP contribution in [0.25, 0.3) is 0 Å². The van der Waals surface area contributed by atoms with Crippen molar-refractivity contribution in [2.45, 2.75) is 13.5 Å². The second-order valence-electron chi connectivity index (χ2n) is 4.25. The lowest BCUT2D eigenvalue weighted by molar-refractivity contribution is 0.269. The highest BCUT2D eigenvalue weighted by Gasteiger charge is 2.13. The first-order valence-electron chi connectivity index (χ1n) is 6.37. The fourth-order valence-electron chi connectivity index (χ4n) is 1.82. The van der Waals surface area contributed by atoms with Crippen LogP contribution in [0, 0.1) is 11.3 Å². The predicted octanol–water partition coefficient (Wildman–Crippen LogP) is 4.84. The summed E-state index contributed by atoms with van der Waals surface area (Å²) in [6, 6.07) is 12.6. The molecule has 5 heteroatoms. The molecule has 0 N–H and O–H groups in total. The number of rotatable bonds is 5. The number of ether oxygens (including phenoxy) is 2. The van der Waals surface area contributed by atoms with Crippen LogP contribution in [-0.4, -0.2) is 6.61 Å². The quantitative estimate of drug-likeness (QED) is 0.791. The molecular formula is C16H13Cl2NO2. The van der Waals surface area contributed by atoms with E-state index in [4.69, 9.17) is 37.9 Å². The van der Waals surface area contributed by atoms with Gasteiger partial charge in [-0.05, 0) is 30.7 Å². The van der Waals surface area contributed by atoms with E-state index in [9.17, 15) is 0 Å². The van der Waals surface area contributed by atoms with Gasteiger partial charge in [-0.25, -0.2) is 0 Å². The van der Waals surface area contributed by atoms with Gasteiger partial charge in [0.2, 0.25) is 0 Å². The molecule has 0 amide bonds. The van der Waals surface area contributed by atoms with E-state index in [-0.39, 0.29) is 0 Å². The molecule has 0 fully saturated rings. The average molecular weight is 322 g/mol. The molecule has 0 atom stereocenters. The Morgan fingerprint density at radius 2 is 1.95 bits per heavy atom. The van der Waals surface area contributed by atoms with Crippen molar-refractivity contribution >= 4 is 23.2 Å². The van der Waals surface area contributed by atoms with Crippen LogP contribution in [-0.2, 0) is 6.61 Å². The summed E-state index contributed by atoms with van der Waals surface area (Å²) in [5.74, 6) is 0.890. The van der Waals surface area contributed by atoms with Crippen molar-refractivity contribution in [3.8, 4) is 17.6 Å². The second-order valence-corrected chi connectivity index (χ2v) is 5.09. The smallest absolute Gasteiger partial charge is 0.180 e. The van der Waals surface area contributed by atoms with Crippen LogP contribution in [0.2, 0.25) is 10.0 Å². The molecule has 0 spiro atoms. The summed E-state index contributed by atoms with van der Waals surface area (Å²) in [4.78, 5) is 0. The zero-order valence-corrected chi connectivity index (χ0v) is 12.9. The van der Waals surface area contributed by atoms with E-state index in [0.717, 1.165) is 5.56 Å². The largest absolute Gasteiger partial charge is 0.490 e. The molecule has 0 aromatic heterocycles. The van der Waals surface area contributed by atoms with Crippen molar-refractivity contribution in [1.29, 1.82) is 5.26 Å². The van der Waals surface area contributed by atoms with Gasteiger partial charge in [0.05, 0.1) is 23.3 Å². The van der Waals surface area contributed by atoms with Crippen molar-refractivity contribution < 1.29 is 9.47 Å². The predicted molar refractivity (Wildman–Crippen MR) is 83.1 cm³/mol. The van der Waals surface area contributed by atoms with E-state index in [1.54, 1.807) is 18.2 Å². The van der Waals surface area contributed by atoms with E-state index in [1.807, 2.05) is 31.2 Å². The number of hydrogen-bond acceptors (Lipinski definition) is 3. The Bertz CT molecular complexity index is 680. The van der Waals surface area contributed by atoms with Gasteiger partial charge in [0.1, 0.15) is 6.61 Å². The van der Waals surface area contributed by atoms with Gasteiger partial charge in [-0.15, -0.1) is 0 Å². The minimum absolute atomic E-state index is 0.312. The summed E-state index contributed by atoms with van der Waals surface area (Å²) in [7, 11) is 0. The van der Waals surface area contributed by atoms with Gasteiger partial charge in [0, 0.05) is 11.1 Å². The molecule has 0 bridgehead atoms. The molecule has 0 unspecified atom stereocenters. The lowest BCUT2D eigenvalue weighted by atomic mass is 10.2. The maximum absolute atomic E-state index is 8.96. The summed E-state index contributed by atoms with van der Waals surface area (Å²) in [6.45, 7) is 2.62. The van der Waals surface area contributed by atoms with Gasteiger partial charge in [-0.2, -0.15) is 5.26 Å². The molecule has 0 radical (unpaired) electrons. The number of hydrogen-bond donors (Lipinski definition) is 0. The fourth-order valence-corrected chi connectivity index (χ4v) is 2.30. The maximum atomic E-state index is 8.96. The summed E-state index contributed by atoms with van der Waals surface area (Å²) < 4.78 is 11.2. The van der Waals surface area contributed by atoms with Gasteiger partial charge in [-0.3, -0.25) is 0 Å². The number of halogens is 2. The van der Waals surface area contributed by atoms with Crippen LogP contribution in [0.4, 0.5) is 0 Å². The summed E-state index contributed by atoms with van der Waals surface area (Å²) in [5.41, 5.74) is 1.35. The van der Waals surface area contributed by atoms with Crippen LogP contribution in [0.3, 0.4) is 0 Å². The maximum Gasteiger partial charge on any atom is 0.180 e. The number of benzene rings is 2. The minimum Gasteiger partial charge on any atom is -0.490 e. The van der Waals surface area contributed by atoms with E-state index < -0.39 is 0 Å². The molecule has 0 heterocycles. The monoisotopic (exact) mass is 321 g/mol. The van der Waals surface area contributed by atoms with Crippen molar-refractivity contribution in [3.63, 3.8) is 0 Å². The molecule has 2 aromatic rings. The van der Waals surface area contributed by atoms with E-state index in [1.165, 1.54) is 0 Å². The Balaban J connectivity index is 2.24. The number of nitriles is 1. The zero-order valence-electron chi connectivity index (χ0n) is 11.4. The molecule has 0 saturated carbocycles. The Labute approximate surface area is 133 Å². The first kappa shape index (κ1) is 15.5. The highest BCUT2D eigenvalue weighted by Crippen LogP contribution is 2.37. The lowest BCUT2D eigenvalue weighted by Crippen LogP contribution is -2.01. The normalized spacial score (nSPS) is 10.0. The Morgan fingerprint density at radius 1 is 1.14 bits per heavy atom. The molecule has 21 heavy (non-hydrogen) atoms. The van der Waals surface area contributed by atoms with E-state index in [2.05, 4.69) is 0 Å². The molecule has 0 aliphatic heterocycles. The van der Waals surface area contributed by atoms with Gasteiger partial charge >= 0.3 is 0 Å². The fraction of sp³-hybridized carbons (Fsp3) is 0.188. The second kappa shape index (κ2) is 7.21. The third kappa shape index (κ3) is 4.04. The zero-order chi connectivity index (χ0) is 15.2. The van der Waals surface area contributed by atoms with Crippen molar-refractivity contribution in [2.75, 3.05) is 6.61 Å². The summed E-state index contributed by atoms with van der Waals surface area (Å²) in [5, 5.41) is 9.96. The highest BCUT2D eigenvalue weighted by atomic mass is 35.5. The van der Waals surface area contributed by atoms with Crippen LogP contribution in [0.1, 0.15) is 18.1 Å². The highest BCUT2D eigenvalue weighted by molar-refractivity contribution is 6.32. The van der Waals surface area contributed by atoms with Gasteiger partial charge in [0.15, 0.2) is 11.5 Å². The van der Waals surface area contributed by atoms with Crippen LogP contribution in [0.15, 0.2) is 36.4 Å². The van der Waals surface area contributed by atoms with E-state index in [0.29, 0.717) is 40.3 Å². The Kier molecular flexibility index (Phi) is 5.32. The molecular weight excluding hydrogens is 309 g/mol. The molecule has 2 rings (SSSR count). The molecule has 108 valence electrons. The minimum atomic E-state index is 0.312.